The summed E-state index contributed by atoms with van der Waals surface area (Å²) >= 11 is 7.41. The van der Waals surface area contributed by atoms with Crippen LogP contribution in [0.4, 0.5) is 0 Å². The normalized spacial score (nSPS) is 12.9. The van der Waals surface area contributed by atoms with Crippen molar-refractivity contribution >= 4 is 39.0 Å². The number of rotatable bonds is 7. The highest BCUT2D eigenvalue weighted by atomic mass is 35.5. The first-order valence-electron chi connectivity index (χ1n) is 8.95. The molecule has 0 saturated heterocycles. The molecule has 3 rings (SSSR count). The van der Waals surface area contributed by atoms with Crippen LogP contribution in [0, 0.1) is 0 Å². The number of aromatic nitrogens is 1. The van der Waals surface area contributed by atoms with Gasteiger partial charge in [0.05, 0.1) is 6.54 Å². The molecule has 1 aromatic carbocycles. The van der Waals surface area contributed by atoms with E-state index in [0.717, 1.165) is 28.8 Å². The van der Waals surface area contributed by atoms with Crippen molar-refractivity contribution in [3.05, 3.63) is 64.3 Å². The standard InChI is InChI=1S/C20H23ClN4OS/c1-2-22-20(23-10-9-14-7-8-19(21)24-12-14)25-13-16(26)18-11-15-5-3-4-6-17(15)27-18/h3-8,11-12,16,26H,2,9-10,13H2,1H3,(H2,22,23,25). The van der Waals surface area contributed by atoms with Crippen molar-refractivity contribution in [3.8, 4) is 0 Å². The van der Waals surface area contributed by atoms with Crippen LogP contribution in [0.3, 0.4) is 0 Å². The Bertz CT molecular complexity index is 861. The van der Waals surface area contributed by atoms with Crippen LogP contribution in [0.1, 0.15) is 23.5 Å². The van der Waals surface area contributed by atoms with Crippen LogP contribution >= 0.6 is 22.9 Å². The van der Waals surface area contributed by atoms with Gasteiger partial charge in [0.25, 0.3) is 0 Å². The van der Waals surface area contributed by atoms with Crippen molar-refractivity contribution in [2.24, 2.45) is 4.99 Å². The van der Waals surface area contributed by atoms with Crippen LogP contribution < -0.4 is 10.6 Å². The largest absolute Gasteiger partial charge is 0.386 e. The molecule has 5 nitrogen and oxygen atoms in total. The van der Waals surface area contributed by atoms with Crippen LogP contribution in [0.25, 0.3) is 10.1 Å². The van der Waals surface area contributed by atoms with E-state index >= 15 is 0 Å². The van der Waals surface area contributed by atoms with E-state index in [2.05, 4.69) is 32.7 Å². The van der Waals surface area contributed by atoms with Gasteiger partial charge in [-0.05, 0) is 42.5 Å². The van der Waals surface area contributed by atoms with Crippen molar-refractivity contribution in [1.29, 1.82) is 0 Å². The van der Waals surface area contributed by atoms with Crippen molar-refractivity contribution in [1.82, 2.24) is 15.6 Å². The van der Waals surface area contributed by atoms with Gasteiger partial charge >= 0.3 is 0 Å². The van der Waals surface area contributed by atoms with E-state index in [1.807, 2.05) is 31.2 Å². The number of fused-ring (bicyclic) bond motifs is 1. The van der Waals surface area contributed by atoms with Crippen LogP contribution in [-0.2, 0) is 6.42 Å². The maximum Gasteiger partial charge on any atom is 0.191 e. The lowest BCUT2D eigenvalue weighted by atomic mass is 10.2. The molecule has 142 valence electrons. The number of aliphatic imine (C=N–C) groups is 1. The summed E-state index contributed by atoms with van der Waals surface area (Å²) in [6.45, 7) is 3.80. The average molecular weight is 403 g/mol. The second-order valence-electron chi connectivity index (χ2n) is 6.09. The molecule has 2 aromatic heterocycles. The molecule has 3 N–H and O–H groups in total. The Morgan fingerprint density at radius 1 is 1.26 bits per heavy atom. The predicted octanol–water partition coefficient (Wildman–Crippen LogP) is 3.78. The number of hydrogen-bond acceptors (Lipinski definition) is 4. The Morgan fingerprint density at radius 3 is 2.85 bits per heavy atom. The molecule has 3 aromatic rings. The number of thiophene rings is 1. The molecule has 1 atom stereocenters. The SMILES string of the molecule is CCNC(=NCC(O)c1cc2ccccc2s1)NCCc1ccc(Cl)nc1. The van der Waals surface area contributed by atoms with E-state index in [9.17, 15) is 5.11 Å². The maximum absolute atomic E-state index is 10.5. The summed E-state index contributed by atoms with van der Waals surface area (Å²) in [7, 11) is 0. The fourth-order valence-corrected chi connectivity index (χ4v) is 3.81. The zero-order valence-corrected chi connectivity index (χ0v) is 16.7. The fraction of sp³-hybridized carbons (Fsp3) is 0.300. The van der Waals surface area contributed by atoms with E-state index in [4.69, 9.17) is 11.6 Å². The Kier molecular flexibility index (Phi) is 7.04. The molecule has 0 aliphatic heterocycles. The lowest BCUT2D eigenvalue weighted by Crippen LogP contribution is -2.38. The van der Waals surface area contributed by atoms with Gasteiger partial charge in [0.1, 0.15) is 11.3 Å². The maximum atomic E-state index is 10.5. The number of pyridine rings is 1. The first-order chi connectivity index (χ1) is 13.2. The second kappa shape index (κ2) is 9.69. The quantitative estimate of drug-likeness (QED) is 0.319. The molecule has 0 fully saturated rings. The lowest BCUT2D eigenvalue weighted by molar-refractivity contribution is 0.191. The molecule has 2 heterocycles. The van der Waals surface area contributed by atoms with Crippen molar-refractivity contribution in [2.75, 3.05) is 19.6 Å². The highest BCUT2D eigenvalue weighted by Crippen LogP contribution is 2.29. The number of nitrogens with zero attached hydrogens (tertiary/aromatic N) is 2. The van der Waals surface area contributed by atoms with Crippen LogP contribution in [-0.4, -0.2) is 35.7 Å². The van der Waals surface area contributed by atoms with Gasteiger partial charge < -0.3 is 15.7 Å². The van der Waals surface area contributed by atoms with Crippen LogP contribution in [0.2, 0.25) is 5.15 Å². The number of aliphatic hydroxyl groups is 1. The van der Waals surface area contributed by atoms with E-state index in [1.54, 1.807) is 23.6 Å². The number of aliphatic hydroxyl groups excluding tert-OH is 1. The second-order valence-corrected chi connectivity index (χ2v) is 7.59. The highest BCUT2D eigenvalue weighted by molar-refractivity contribution is 7.19. The Hall–Kier alpha value is -2.15. The van der Waals surface area contributed by atoms with Crippen molar-refractivity contribution in [3.63, 3.8) is 0 Å². The molecular weight excluding hydrogens is 380 g/mol. The molecule has 0 aliphatic rings. The minimum absolute atomic E-state index is 0.310. The Balaban J connectivity index is 1.56. The minimum atomic E-state index is -0.613. The third kappa shape index (κ3) is 5.66. The van der Waals surface area contributed by atoms with Gasteiger partial charge in [-0.1, -0.05) is 35.9 Å². The number of halogens is 1. The average Bonchev–Trinajstić information content (AvgIpc) is 3.12. The topological polar surface area (TPSA) is 69.5 Å². The first kappa shape index (κ1) is 19.6. The molecule has 0 radical (unpaired) electrons. The molecule has 0 saturated carbocycles. The van der Waals surface area contributed by atoms with Gasteiger partial charge in [0.15, 0.2) is 5.96 Å². The zero-order valence-electron chi connectivity index (χ0n) is 15.2. The third-order valence-corrected chi connectivity index (χ3v) is 5.48. The predicted molar refractivity (Wildman–Crippen MR) is 114 cm³/mol. The molecule has 27 heavy (non-hydrogen) atoms. The molecule has 0 spiro atoms. The number of nitrogens with one attached hydrogen (secondary N) is 2. The van der Waals surface area contributed by atoms with E-state index in [0.29, 0.717) is 24.2 Å². The smallest absolute Gasteiger partial charge is 0.191 e. The summed E-state index contributed by atoms with van der Waals surface area (Å²) < 4.78 is 1.18. The molecule has 1 unspecified atom stereocenters. The molecule has 7 heteroatoms. The van der Waals surface area contributed by atoms with Crippen molar-refractivity contribution in [2.45, 2.75) is 19.4 Å². The Labute approximate surface area is 168 Å². The summed E-state index contributed by atoms with van der Waals surface area (Å²) in [4.78, 5) is 9.54. The lowest BCUT2D eigenvalue weighted by Gasteiger charge is -2.12. The van der Waals surface area contributed by atoms with Gasteiger partial charge in [-0.15, -0.1) is 11.3 Å². The van der Waals surface area contributed by atoms with Crippen molar-refractivity contribution < 1.29 is 5.11 Å². The van der Waals surface area contributed by atoms with Crippen LogP contribution in [0.15, 0.2) is 53.7 Å². The first-order valence-corrected chi connectivity index (χ1v) is 10.1. The van der Waals surface area contributed by atoms with Gasteiger partial charge in [-0.25, -0.2) is 4.98 Å². The number of guanidine groups is 1. The molecule has 0 amide bonds. The third-order valence-electron chi connectivity index (χ3n) is 4.03. The van der Waals surface area contributed by atoms with E-state index in [-0.39, 0.29) is 0 Å². The molecule has 0 aliphatic carbocycles. The summed E-state index contributed by atoms with van der Waals surface area (Å²) in [6, 6.07) is 13.9. The summed E-state index contributed by atoms with van der Waals surface area (Å²) in [6.07, 6.45) is 1.98. The number of benzene rings is 1. The summed E-state index contributed by atoms with van der Waals surface area (Å²) in [5.74, 6) is 0.694. The van der Waals surface area contributed by atoms with Gasteiger partial charge in [-0.2, -0.15) is 0 Å². The number of hydrogen-bond donors (Lipinski definition) is 3. The summed E-state index contributed by atoms with van der Waals surface area (Å²) in [5.41, 5.74) is 1.10. The minimum Gasteiger partial charge on any atom is -0.386 e. The van der Waals surface area contributed by atoms with Crippen LogP contribution in [0.5, 0.6) is 0 Å². The highest BCUT2D eigenvalue weighted by Gasteiger charge is 2.11. The fourth-order valence-electron chi connectivity index (χ4n) is 2.66. The Morgan fingerprint density at radius 2 is 2.11 bits per heavy atom. The van der Waals surface area contributed by atoms with Gasteiger partial charge in [0, 0.05) is 28.9 Å². The van der Waals surface area contributed by atoms with Gasteiger partial charge in [-0.3, -0.25) is 4.99 Å². The molecule has 0 bridgehead atoms. The monoisotopic (exact) mass is 402 g/mol. The molecular formula is C20H23ClN4OS. The summed E-state index contributed by atoms with van der Waals surface area (Å²) in [5, 5.41) is 18.6. The zero-order chi connectivity index (χ0) is 19.1. The van der Waals surface area contributed by atoms with Gasteiger partial charge in [0.2, 0.25) is 0 Å². The van der Waals surface area contributed by atoms with E-state index < -0.39 is 6.10 Å². The van der Waals surface area contributed by atoms with E-state index in [1.165, 1.54) is 4.70 Å².